The van der Waals surface area contributed by atoms with Gasteiger partial charge in [0.05, 0.1) is 25.0 Å². The standard InChI is InChI=1S/C18H23NO4/c1-20-7-8-21-11-22-15-10-13-9-14(15)18-16(13)17(19-23-18)12-5-3-2-4-6-12/h2-6,13-16,18H,7-11H2,1H3/t13-,14+,15+,16+,18+/m0/s1. The number of fused-ring (bicyclic) bond motifs is 5. The molecule has 0 amide bonds. The van der Waals surface area contributed by atoms with Gasteiger partial charge >= 0.3 is 0 Å². The second-order valence-corrected chi connectivity index (χ2v) is 6.56. The second-order valence-electron chi connectivity index (χ2n) is 6.56. The minimum absolute atomic E-state index is 0.174. The highest BCUT2D eigenvalue weighted by atomic mass is 16.7. The Morgan fingerprint density at radius 1 is 1.17 bits per heavy atom. The van der Waals surface area contributed by atoms with Crippen molar-refractivity contribution in [2.24, 2.45) is 22.9 Å². The molecule has 2 bridgehead atoms. The molecule has 0 aromatic heterocycles. The predicted molar refractivity (Wildman–Crippen MR) is 85.1 cm³/mol. The summed E-state index contributed by atoms with van der Waals surface area (Å²) in [4.78, 5) is 5.80. The molecule has 0 unspecified atom stereocenters. The van der Waals surface area contributed by atoms with Gasteiger partial charge in [0.2, 0.25) is 0 Å². The smallest absolute Gasteiger partial charge is 0.147 e. The Morgan fingerprint density at radius 2 is 2.04 bits per heavy atom. The van der Waals surface area contributed by atoms with Crippen LogP contribution in [0.25, 0.3) is 0 Å². The van der Waals surface area contributed by atoms with Crippen LogP contribution in [-0.2, 0) is 19.0 Å². The average molecular weight is 317 g/mol. The topological polar surface area (TPSA) is 49.3 Å². The molecule has 5 atom stereocenters. The Hall–Kier alpha value is -1.43. The molecule has 124 valence electrons. The lowest BCUT2D eigenvalue weighted by atomic mass is 9.80. The van der Waals surface area contributed by atoms with Gasteiger partial charge in [-0.2, -0.15) is 0 Å². The van der Waals surface area contributed by atoms with Crippen LogP contribution < -0.4 is 0 Å². The normalized spacial score (nSPS) is 34.3. The fourth-order valence-electron chi connectivity index (χ4n) is 4.33. The molecule has 1 heterocycles. The summed E-state index contributed by atoms with van der Waals surface area (Å²) in [7, 11) is 1.67. The van der Waals surface area contributed by atoms with Gasteiger partial charge < -0.3 is 19.0 Å². The molecule has 3 aliphatic rings. The summed E-state index contributed by atoms with van der Waals surface area (Å²) in [5, 5.41) is 4.40. The van der Waals surface area contributed by atoms with E-state index in [0.717, 1.165) is 12.1 Å². The molecule has 0 N–H and O–H groups in total. The molecule has 0 radical (unpaired) electrons. The van der Waals surface area contributed by atoms with E-state index in [1.807, 2.05) is 6.07 Å². The summed E-state index contributed by atoms with van der Waals surface area (Å²) >= 11 is 0. The van der Waals surface area contributed by atoms with Gasteiger partial charge in [0.1, 0.15) is 12.9 Å². The van der Waals surface area contributed by atoms with Crippen LogP contribution in [0, 0.1) is 17.8 Å². The molecular weight excluding hydrogens is 294 g/mol. The van der Waals surface area contributed by atoms with Gasteiger partial charge in [-0.1, -0.05) is 35.5 Å². The number of ether oxygens (including phenoxy) is 3. The summed E-state index contributed by atoms with van der Waals surface area (Å²) in [6.07, 6.45) is 2.65. The van der Waals surface area contributed by atoms with Crippen LogP contribution in [0.5, 0.6) is 0 Å². The van der Waals surface area contributed by atoms with Gasteiger partial charge in [0, 0.05) is 18.9 Å². The second kappa shape index (κ2) is 6.59. The van der Waals surface area contributed by atoms with Crippen molar-refractivity contribution in [1.82, 2.24) is 0 Å². The van der Waals surface area contributed by atoms with Crippen LogP contribution in [0.2, 0.25) is 0 Å². The van der Waals surface area contributed by atoms with Crippen LogP contribution in [0.1, 0.15) is 18.4 Å². The summed E-state index contributed by atoms with van der Waals surface area (Å²) in [6, 6.07) is 10.4. The Labute approximate surface area is 136 Å². The van der Waals surface area contributed by atoms with E-state index in [2.05, 4.69) is 29.4 Å². The van der Waals surface area contributed by atoms with E-state index in [4.69, 9.17) is 19.0 Å². The van der Waals surface area contributed by atoms with Crippen molar-refractivity contribution >= 4 is 5.71 Å². The fourth-order valence-corrected chi connectivity index (χ4v) is 4.33. The van der Waals surface area contributed by atoms with Crippen LogP contribution in [-0.4, -0.2) is 45.0 Å². The van der Waals surface area contributed by atoms with Crippen molar-refractivity contribution in [3.63, 3.8) is 0 Å². The highest BCUT2D eigenvalue weighted by Crippen LogP contribution is 2.54. The van der Waals surface area contributed by atoms with E-state index in [1.165, 1.54) is 12.0 Å². The van der Waals surface area contributed by atoms with Crippen molar-refractivity contribution in [3.8, 4) is 0 Å². The number of oxime groups is 1. The summed E-state index contributed by atoms with van der Waals surface area (Å²) in [6.45, 7) is 1.50. The third kappa shape index (κ3) is 2.77. The zero-order chi connectivity index (χ0) is 15.6. The van der Waals surface area contributed by atoms with Crippen molar-refractivity contribution < 1.29 is 19.0 Å². The quantitative estimate of drug-likeness (QED) is 0.572. The van der Waals surface area contributed by atoms with E-state index >= 15 is 0 Å². The average Bonchev–Trinajstić information content (AvgIpc) is 3.27. The molecular formula is C18H23NO4. The molecule has 0 saturated heterocycles. The maximum absolute atomic E-state index is 5.92. The third-order valence-electron chi connectivity index (χ3n) is 5.33. The first-order valence-corrected chi connectivity index (χ1v) is 8.36. The predicted octanol–water partition coefficient (Wildman–Crippen LogP) is 2.45. The lowest BCUT2D eigenvalue weighted by molar-refractivity contribution is -0.131. The fraction of sp³-hybridized carbons (Fsp3) is 0.611. The maximum Gasteiger partial charge on any atom is 0.147 e. The molecule has 1 aliphatic heterocycles. The van der Waals surface area contributed by atoms with Crippen LogP contribution in [0.4, 0.5) is 0 Å². The highest BCUT2D eigenvalue weighted by molar-refractivity contribution is 6.03. The van der Waals surface area contributed by atoms with E-state index in [-0.39, 0.29) is 12.2 Å². The third-order valence-corrected chi connectivity index (χ3v) is 5.33. The van der Waals surface area contributed by atoms with E-state index in [0.29, 0.717) is 37.8 Å². The minimum Gasteiger partial charge on any atom is -0.391 e. The minimum atomic E-state index is 0.174. The molecule has 2 saturated carbocycles. The maximum atomic E-state index is 5.92. The molecule has 0 spiro atoms. The molecule has 23 heavy (non-hydrogen) atoms. The largest absolute Gasteiger partial charge is 0.391 e. The van der Waals surface area contributed by atoms with Crippen molar-refractivity contribution in [3.05, 3.63) is 35.9 Å². The van der Waals surface area contributed by atoms with Crippen LogP contribution in [0.15, 0.2) is 35.5 Å². The lowest BCUT2D eigenvalue weighted by Gasteiger charge is -2.29. The summed E-state index contributed by atoms with van der Waals surface area (Å²) in [5.41, 5.74) is 2.31. The number of benzene rings is 1. The first-order chi connectivity index (χ1) is 11.4. The van der Waals surface area contributed by atoms with Gasteiger partial charge in [-0.15, -0.1) is 0 Å². The van der Waals surface area contributed by atoms with Crippen molar-refractivity contribution in [2.75, 3.05) is 27.1 Å². The van der Waals surface area contributed by atoms with Gasteiger partial charge in [-0.3, -0.25) is 0 Å². The van der Waals surface area contributed by atoms with Crippen LogP contribution in [0.3, 0.4) is 0 Å². The van der Waals surface area contributed by atoms with Gasteiger partial charge in [0.15, 0.2) is 0 Å². The molecule has 2 fully saturated rings. The van der Waals surface area contributed by atoms with E-state index in [1.54, 1.807) is 7.11 Å². The molecule has 4 rings (SSSR count). The van der Waals surface area contributed by atoms with E-state index in [9.17, 15) is 0 Å². The number of hydrogen-bond acceptors (Lipinski definition) is 5. The summed E-state index contributed by atoms with van der Waals surface area (Å²) in [5.74, 6) is 1.47. The highest BCUT2D eigenvalue weighted by Gasteiger charge is 2.59. The van der Waals surface area contributed by atoms with Crippen molar-refractivity contribution in [2.45, 2.75) is 25.0 Å². The Kier molecular flexibility index (Phi) is 4.33. The number of methoxy groups -OCH3 is 1. The van der Waals surface area contributed by atoms with Gasteiger partial charge in [-0.25, -0.2) is 0 Å². The lowest BCUT2D eigenvalue weighted by Crippen LogP contribution is -2.38. The molecule has 2 aliphatic carbocycles. The monoisotopic (exact) mass is 317 g/mol. The SMILES string of the molecule is COCCOCO[C@@H]1C[C@@H]2C[C@H]1[C@H]1ON=C(c3ccccc3)[C@@H]21. The van der Waals surface area contributed by atoms with Gasteiger partial charge in [0.25, 0.3) is 0 Å². The zero-order valence-corrected chi connectivity index (χ0v) is 13.4. The van der Waals surface area contributed by atoms with E-state index < -0.39 is 0 Å². The molecule has 1 aromatic carbocycles. The first kappa shape index (κ1) is 15.1. The van der Waals surface area contributed by atoms with Crippen LogP contribution >= 0.6 is 0 Å². The Balaban J connectivity index is 1.35. The van der Waals surface area contributed by atoms with Gasteiger partial charge in [-0.05, 0) is 24.3 Å². The first-order valence-electron chi connectivity index (χ1n) is 8.36. The zero-order valence-electron chi connectivity index (χ0n) is 13.4. The number of hydrogen-bond donors (Lipinski definition) is 0. The summed E-state index contributed by atoms with van der Waals surface area (Å²) < 4.78 is 16.3. The molecule has 5 heteroatoms. The Morgan fingerprint density at radius 3 is 2.87 bits per heavy atom. The van der Waals surface area contributed by atoms with Crippen molar-refractivity contribution in [1.29, 1.82) is 0 Å². The molecule has 1 aromatic rings. The Bertz CT molecular complexity index is 561. The number of rotatable bonds is 7. The molecule has 5 nitrogen and oxygen atoms in total. The number of nitrogens with zero attached hydrogens (tertiary/aromatic N) is 1.